The molecule has 0 spiro atoms. The van der Waals surface area contributed by atoms with Crippen molar-refractivity contribution in [3.8, 4) is 0 Å². The first-order chi connectivity index (χ1) is 8.11. The molecule has 17 heavy (non-hydrogen) atoms. The van der Waals surface area contributed by atoms with Crippen molar-refractivity contribution in [3.63, 3.8) is 0 Å². The molecule has 0 fully saturated rings. The summed E-state index contributed by atoms with van der Waals surface area (Å²) in [5, 5.41) is 2.77. The molecule has 90 valence electrons. The molecule has 0 aromatic carbocycles. The van der Waals surface area contributed by atoms with Crippen LogP contribution in [-0.4, -0.2) is 23.6 Å². The standard InChI is InChI=1S/C9H9ClIN5O/c1-2-3-5(17)13-7-6-8(15-9(10)14-7)16(11)4-12-6/h4H,2-3H2,1H3,(H,13,14,15,17). The summed E-state index contributed by atoms with van der Waals surface area (Å²) in [6.45, 7) is 1.93. The van der Waals surface area contributed by atoms with Gasteiger partial charge in [0.15, 0.2) is 17.0 Å². The van der Waals surface area contributed by atoms with Crippen molar-refractivity contribution in [1.82, 2.24) is 17.7 Å². The van der Waals surface area contributed by atoms with Crippen molar-refractivity contribution in [3.05, 3.63) is 11.6 Å². The van der Waals surface area contributed by atoms with E-state index in [1.165, 1.54) is 0 Å². The second-order valence-corrected chi connectivity index (χ2v) is 4.74. The first kappa shape index (κ1) is 12.5. The van der Waals surface area contributed by atoms with Gasteiger partial charge in [0.1, 0.15) is 6.33 Å². The molecule has 2 heterocycles. The summed E-state index contributed by atoms with van der Waals surface area (Å²) in [4.78, 5) is 23.7. The topological polar surface area (TPSA) is 72.7 Å². The van der Waals surface area contributed by atoms with Crippen LogP contribution in [0.5, 0.6) is 0 Å². The van der Waals surface area contributed by atoms with E-state index in [4.69, 9.17) is 11.6 Å². The summed E-state index contributed by atoms with van der Waals surface area (Å²) in [7, 11) is 0. The number of carbonyl (C=O) groups is 1. The van der Waals surface area contributed by atoms with Gasteiger partial charge in [-0.15, -0.1) is 0 Å². The van der Waals surface area contributed by atoms with E-state index in [2.05, 4.69) is 20.3 Å². The SMILES string of the molecule is CCCC(=O)Nc1nc(Cl)nc2c1ncn2I. The van der Waals surface area contributed by atoms with Crippen LogP contribution in [0.4, 0.5) is 5.82 Å². The molecular weight excluding hydrogens is 356 g/mol. The Kier molecular flexibility index (Phi) is 3.77. The number of nitrogens with zero attached hydrogens (tertiary/aromatic N) is 4. The van der Waals surface area contributed by atoms with Gasteiger partial charge in [0.2, 0.25) is 11.2 Å². The van der Waals surface area contributed by atoms with Crippen molar-refractivity contribution in [1.29, 1.82) is 0 Å². The molecule has 0 aliphatic heterocycles. The Bertz CT molecular complexity index is 570. The highest BCUT2D eigenvalue weighted by Gasteiger charge is 2.13. The average Bonchev–Trinajstić information content (AvgIpc) is 2.61. The van der Waals surface area contributed by atoms with Crippen molar-refractivity contribution >= 4 is 57.4 Å². The average molecular weight is 366 g/mol. The monoisotopic (exact) mass is 365 g/mol. The molecule has 2 aromatic rings. The normalized spacial score (nSPS) is 10.8. The third-order valence-electron chi connectivity index (χ3n) is 2.06. The van der Waals surface area contributed by atoms with E-state index in [1.807, 2.05) is 29.8 Å². The van der Waals surface area contributed by atoms with E-state index in [0.29, 0.717) is 23.4 Å². The zero-order chi connectivity index (χ0) is 12.4. The van der Waals surface area contributed by atoms with Gasteiger partial charge < -0.3 is 5.32 Å². The molecule has 1 amide bonds. The molecule has 2 aromatic heterocycles. The van der Waals surface area contributed by atoms with Gasteiger partial charge in [0, 0.05) is 6.42 Å². The molecule has 0 saturated heterocycles. The lowest BCUT2D eigenvalue weighted by atomic mass is 10.3. The largest absolute Gasteiger partial charge is 0.309 e. The third-order valence-corrected chi connectivity index (χ3v) is 2.94. The third kappa shape index (κ3) is 2.65. The van der Waals surface area contributed by atoms with E-state index in [9.17, 15) is 4.79 Å². The minimum atomic E-state index is -0.105. The van der Waals surface area contributed by atoms with Crippen LogP contribution in [0.2, 0.25) is 5.28 Å². The zero-order valence-electron chi connectivity index (χ0n) is 8.94. The van der Waals surface area contributed by atoms with Gasteiger partial charge in [-0.05, 0) is 18.0 Å². The van der Waals surface area contributed by atoms with E-state index in [1.54, 1.807) is 9.11 Å². The summed E-state index contributed by atoms with van der Waals surface area (Å²) in [6.07, 6.45) is 2.80. The summed E-state index contributed by atoms with van der Waals surface area (Å²) in [5.41, 5.74) is 1.12. The molecule has 0 radical (unpaired) electrons. The summed E-state index contributed by atoms with van der Waals surface area (Å²) >= 11 is 7.82. The smallest absolute Gasteiger partial charge is 0.226 e. The summed E-state index contributed by atoms with van der Waals surface area (Å²) < 4.78 is 1.69. The lowest BCUT2D eigenvalue weighted by Gasteiger charge is -2.04. The van der Waals surface area contributed by atoms with Crippen molar-refractivity contribution in [2.75, 3.05) is 5.32 Å². The number of halogens is 2. The molecular formula is C9H9ClIN5O. The van der Waals surface area contributed by atoms with E-state index in [-0.39, 0.29) is 11.2 Å². The highest BCUT2D eigenvalue weighted by Crippen LogP contribution is 2.22. The molecule has 0 bridgehead atoms. The van der Waals surface area contributed by atoms with Gasteiger partial charge in [0.05, 0.1) is 22.9 Å². The quantitative estimate of drug-likeness (QED) is 0.670. The van der Waals surface area contributed by atoms with Crippen LogP contribution in [0.15, 0.2) is 6.33 Å². The predicted molar refractivity (Wildman–Crippen MR) is 73.3 cm³/mol. The fourth-order valence-corrected chi connectivity index (χ4v) is 1.98. The summed E-state index contributed by atoms with van der Waals surface area (Å²) in [5.74, 6) is 0.250. The van der Waals surface area contributed by atoms with Gasteiger partial charge in [-0.25, -0.2) is 4.98 Å². The summed E-state index contributed by atoms with van der Waals surface area (Å²) in [6, 6.07) is 0. The van der Waals surface area contributed by atoms with Crippen LogP contribution in [0.25, 0.3) is 11.2 Å². The van der Waals surface area contributed by atoms with Gasteiger partial charge in [-0.1, -0.05) is 6.92 Å². The molecule has 0 unspecified atom stereocenters. The van der Waals surface area contributed by atoms with E-state index < -0.39 is 0 Å². The Labute approximate surface area is 116 Å². The Morgan fingerprint density at radius 2 is 2.35 bits per heavy atom. The number of anilines is 1. The maximum atomic E-state index is 11.5. The highest BCUT2D eigenvalue weighted by molar-refractivity contribution is 14.1. The Balaban J connectivity index is 2.42. The highest BCUT2D eigenvalue weighted by atomic mass is 127. The lowest BCUT2D eigenvalue weighted by Crippen LogP contribution is -2.12. The Morgan fingerprint density at radius 1 is 1.59 bits per heavy atom. The van der Waals surface area contributed by atoms with Gasteiger partial charge in [-0.3, -0.25) is 7.58 Å². The predicted octanol–water partition coefficient (Wildman–Crippen LogP) is 2.42. The van der Waals surface area contributed by atoms with Gasteiger partial charge >= 0.3 is 0 Å². The van der Waals surface area contributed by atoms with Crippen LogP contribution < -0.4 is 5.32 Å². The second-order valence-electron chi connectivity index (χ2n) is 3.37. The van der Waals surface area contributed by atoms with E-state index in [0.717, 1.165) is 6.42 Å². The number of rotatable bonds is 3. The number of hydrogen-bond donors (Lipinski definition) is 1. The van der Waals surface area contributed by atoms with E-state index >= 15 is 0 Å². The van der Waals surface area contributed by atoms with Crippen LogP contribution in [0.3, 0.4) is 0 Å². The first-order valence-electron chi connectivity index (χ1n) is 4.98. The van der Waals surface area contributed by atoms with Crippen LogP contribution in [0, 0.1) is 0 Å². The van der Waals surface area contributed by atoms with Gasteiger partial charge in [-0.2, -0.15) is 9.97 Å². The number of imidazole rings is 1. The number of carbonyl (C=O) groups excluding carboxylic acids is 1. The molecule has 0 atom stereocenters. The fraction of sp³-hybridized carbons (Fsp3) is 0.333. The fourth-order valence-electron chi connectivity index (χ4n) is 1.36. The maximum Gasteiger partial charge on any atom is 0.226 e. The number of fused-ring (bicyclic) bond motifs is 1. The number of amides is 1. The molecule has 0 saturated carbocycles. The molecule has 0 aliphatic carbocycles. The molecule has 1 N–H and O–H groups in total. The molecule has 6 nitrogen and oxygen atoms in total. The lowest BCUT2D eigenvalue weighted by molar-refractivity contribution is -0.116. The number of nitrogens with one attached hydrogen (secondary N) is 1. The van der Waals surface area contributed by atoms with Crippen LogP contribution >= 0.6 is 34.5 Å². The Hall–Kier alpha value is -0.960. The first-order valence-corrected chi connectivity index (χ1v) is 6.32. The zero-order valence-corrected chi connectivity index (χ0v) is 11.9. The number of aromatic nitrogens is 4. The minimum absolute atomic E-state index is 0.0858. The van der Waals surface area contributed by atoms with Crippen molar-refractivity contribution in [2.24, 2.45) is 0 Å². The minimum Gasteiger partial charge on any atom is -0.309 e. The van der Waals surface area contributed by atoms with Crippen LogP contribution in [-0.2, 0) is 4.79 Å². The molecule has 2 rings (SSSR count). The molecule has 8 heteroatoms. The molecule has 0 aliphatic rings. The maximum absolute atomic E-state index is 11.5. The van der Waals surface area contributed by atoms with Crippen molar-refractivity contribution < 1.29 is 4.79 Å². The van der Waals surface area contributed by atoms with Gasteiger partial charge in [0.25, 0.3) is 0 Å². The number of hydrogen-bond acceptors (Lipinski definition) is 4. The second kappa shape index (κ2) is 5.13. The van der Waals surface area contributed by atoms with Crippen LogP contribution in [0.1, 0.15) is 19.8 Å². The van der Waals surface area contributed by atoms with Crippen molar-refractivity contribution in [2.45, 2.75) is 19.8 Å². The Morgan fingerprint density at radius 3 is 3.06 bits per heavy atom.